The Morgan fingerprint density at radius 2 is 2.46 bits per heavy atom. The molecular weight excluding hydrogens is 184 g/mol. The number of nitrogens with one attached hydrogen (secondary N) is 1. The second kappa shape index (κ2) is 6.07. The van der Waals surface area contributed by atoms with Crippen molar-refractivity contribution in [2.75, 3.05) is 20.2 Å². The van der Waals surface area contributed by atoms with Crippen LogP contribution in [-0.2, 0) is 17.8 Å². The van der Waals surface area contributed by atoms with Gasteiger partial charge in [-0.25, -0.2) is 4.98 Å². The third-order valence-corrected chi connectivity index (χ3v) is 2.55. The summed E-state index contributed by atoms with van der Waals surface area (Å²) < 4.78 is 5.00. The maximum Gasteiger partial charge on any atom is 0.119 e. The fourth-order valence-corrected chi connectivity index (χ4v) is 1.85. The van der Waals surface area contributed by atoms with Gasteiger partial charge in [0.15, 0.2) is 0 Å². The summed E-state index contributed by atoms with van der Waals surface area (Å²) in [7, 11) is 1.69. The van der Waals surface area contributed by atoms with E-state index < -0.39 is 0 Å². The fourth-order valence-electron chi connectivity index (χ4n) is 1.05. The maximum atomic E-state index is 5.00. The monoisotopic (exact) mass is 200 g/mol. The molecule has 74 valence electrons. The summed E-state index contributed by atoms with van der Waals surface area (Å²) >= 11 is 1.67. The molecule has 3 nitrogen and oxygen atoms in total. The molecule has 0 unspecified atom stereocenters. The SMILES string of the molecule is CCNCCc1csc(COC)n1. The molecule has 0 aliphatic rings. The summed E-state index contributed by atoms with van der Waals surface area (Å²) in [5.74, 6) is 0. The Hall–Kier alpha value is -0.450. The Bertz CT molecular complexity index is 237. The molecule has 0 bridgehead atoms. The Morgan fingerprint density at radius 1 is 1.62 bits per heavy atom. The normalized spacial score (nSPS) is 10.6. The summed E-state index contributed by atoms with van der Waals surface area (Å²) in [6, 6.07) is 0. The quantitative estimate of drug-likeness (QED) is 0.706. The first-order chi connectivity index (χ1) is 6.36. The van der Waals surface area contributed by atoms with Crippen molar-refractivity contribution in [2.45, 2.75) is 20.0 Å². The maximum absolute atomic E-state index is 5.00. The largest absolute Gasteiger partial charge is 0.378 e. The van der Waals surface area contributed by atoms with Crippen LogP contribution in [0.3, 0.4) is 0 Å². The second-order valence-electron chi connectivity index (χ2n) is 2.77. The van der Waals surface area contributed by atoms with Crippen LogP contribution >= 0.6 is 11.3 Å². The van der Waals surface area contributed by atoms with Crippen molar-refractivity contribution < 1.29 is 4.74 Å². The molecule has 0 saturated heterocycles. The Balaban J connectivity index is 2.31. The highest BCUT2D eigenvalue weighted by molar-refractivity contribution is 7.09. The number of rotatable bonds is 6. The van der Waals surface area contributed by atoms with Crippen molar-refractivity contribution in [3.05, 3.63) is 16.1 Å². The molecule has 1 aromatic heterocycles. The summed E-state index contributed by atoms with van der Waals surface area (Å²) in [6.45, 7) is 4.77. The minimum atomic E-state index is 0.631. The first-order valence-electron chi connectivity index (χ1n) is 4.49. The molecule has 1 heterocycles. The van der Waals surface area contributed by atoms with Gasteiger partial charge in [-0.3, -0.25) is 0 Å². The van der Waals surface area contributed by atoms with Gasteiger partial charge in [0.1, 0.15) is 5.01 Å². The number of hydrogen-bond acceptors (Lipinski definition) is 4. The molecule has 0 aromatic carbocycles. The summed E-state index contributed by atoms with van der Waals surface area (Å²) in [6.07, 6.45) is 1.01. The van der Waals surface area contributed by atoms with E-state index in [1.165, 1.54) is 0 Å². The number of nitrogens with zero attached hydrogens (tertiary/aromatic N) is 1. The third-order valence-electron chi connectivity index (χ3n) is 1.68. The van der Waals surface area contributed by atoms with Crippen molar-refractivity contribution in [1.29, 1.82) is 0 Å². The molecule has 0 saturated carbocycles. The molecule has 0 radical (unpaired) electrons. The molecule has 1 rings (SSSR count). The minimum absolute atomic E-state index is 0.631. The number of likely N-dealkylation sites (N-methyl/N-ethyl adjacent to an activating group) is 1. The van der Waals surface area contributed by atoms with Crippen molar-refractivity contribution >= 4 is 11.3 Å². The van der Waals surface area contributed by atoms with Crippen LogP contribution in [0.5, 0.6) is 0 Å². The van der Waals surface area contributed by atoms with Crippen LogP contribution in [0, 0.1) is 0 Å². The topological polar surface area (TPSA) is 34.1 Å². The molecule has 0 aliphatic carbocycles. The number of aromatic nitrogens is 1. The van der Waals surface area contributed by atoms with E-state index in [4.69, 9.17) is 4.74 Å². The van der Waals surface area contributed by atoms with Crippen molar-refractivity contribution in [2.24, 2.45) is 0 Å². The predicted octanol–water partition coefficient (Wildman–Crippen LogP) is 1.44. The number of ether oxygens (including phenoxy) is 1. The Morgan fingerprint density at radius 3 is 3.15 bits per heavy atom. The van der Waals surface area contributed by atoms with Gasteiger partial charge in [-0.15, -0.1) is 11.3 Å². The van der Waals surface area contributed by atoms with Gasteiger partial charge in [0.25, 0.3) is 0 Å². The highest BCUT2D eigenvalue weighted by Crippen LogP contribution is 2.10. The molecule has 1 aromatic rings. The lowest BCUT2D eigenvalue weighted by atomic mass is 10.3. The Kier molecular flexibility index (Phi) is 4.97. The molecule has 4 heteroatoms. The number of methoxy groups -OCH3 is 1. The Labute approximate surface area is 83.1 Å². The average molecular weight is 200 g/mol. The van der Waals surface area contributed by atoms with Crippen molar-refractivity contribution in [1.82, 2.24) is 10.3 Å². The van der Waals surface area contributed by atoms with E-state index in [0.717, 1.165) is 30.2 Å². The highest BCUT2D eigenvalue weighted by Gasteiger charge is 2.00. The second-order valence-corrected chi connectivity index (χ2v) is 3.71. The zero-order valence-corrected chi connectivity index (χ0v) is 8.99. The van der Waals surface area contributed by atoms with Crippen LogP contribution in [0.2, 0.25) is 0 Å². The lowest BCUT2D eigenvalue weighted by Crippen LogP contribution is -2.16. The summed E-state index contributed by atoms with van der Waals surface area (Å²) in [5.41, 5.74) is 1.16. The highest BCUT2D eigenvalue weighted by atomic mass is 32.1. The number of hydrogen-bond donors (Lipinski definition) is 1. The van der Waals surface area contributed by atoms with Gasteiger partial charge in [-0.2, -0.15) is 0 Å². The molecule has 0 atom stereocenters. The number of thiazole rings is 1. The van der Waals surface area contributed by atoms with E-state index in [1.54, 1.807) is 18.4 Å². The third kappa shape index (κ3) is 3.85. The van der Waals surface area contributed by atoms with Crippen LogP contribution in [-0.4, -0.2) is 25.2 Å². The zero-order valence-electron chi connectivity index (χ0n) is 8.17. The van der Waals surface area contributed by atoms with E-state index in [0.29, 0.717) is 6.61 Å². The van der Waals surface area contributed by atoms with Gasteiger partial charge in [0.2, 0.25) is 0 Å². The van der Waals surface area contributed by atoms with Gasteiger partial charge < -0.3 is 10.1 Å². The van der Waals surface area contributed by atoms with Gasteiger partial charge in [0.05, 0.1) is 12.3 Å². The van der Waals surface area contributed by atoms with Gasteiger partial charge >= 0.3 is 0 Å². The van der Waals surface area contributed by atoms with Crippen molar-refractivity contribution in [3.63, 3.8) is 0 Å². The first-order valence-corrected chi connectivity index (χ1v) is 5.37. The fraction of sp³-hybridized carbons (Fsp3) is 0.667. The molecule has 0 fully saturated rings. The summed E-state index contributed by atoms with van der Waals surface area (Å²) in [5, 5.41) is 6.44. The van der Waals surface area contributed by atoms with Crippen LogP contribution in [0.1, 0.15) is 17.6 Å². The van der Waals surface area contributed by atoms with Crippen LogP contribution in [0.15, 0.2) is 5.38 Å². The molecule has 1 N–H and O–H groups in total. The molecule has 0 spiro atoms. The molecule has 0 aliphatic heterocycles. The lowest BCUT2D eigenvalue weighted by Gasteiger charge is -1.97. The van der Waals surface area contributed by atoms with Gasteiger partial charge in [0, 0.05) is 25.5 Å². The first kappa shape index (κ1) is 10.6. The average Bonchev–Trinajstić information content (AvgIpc) is 2.54. The minimum Gasteiger partial charge on any atom is -0.378 e. The lowest BCUT2D eigenvalue weighted by molar-refractivity contribution is 0.184. The molecule has 13 heavy (non-hydrogen) atoms. The van der Waals surface area contributed by atoms with Gasteiger partial charge in [-0.05, 0) is 6.54 Å². The van der Waals surface area contributed by atoms with E-state index in [1.807, 2.05) is 0 Å². The predicted molar refractivity (Wildman–Crippen MR) is 55.1 cm³/mol. The smallest absolute Gasteiger partial charge is 0.119 e. The summed E-state index contributed by atoms with van der Waals surface area (Å²) in [4.78, 5) is 4.43. The van der Waals surface area contributed by atoms with E-state index in [9.17, 15) is 0 Å². The van der Waals surface area contributed by atoms with Crippen molar-refractivity contribution in [3.8, 4) is 0 Å². The molecule has 0 amide bonds. The van der Waals surface area contributed by atoms with E-state index in [-0.39, 0.29) is 0 Å². The van der Waals surface area contributed by atoms with Gasteiger partial charge in [-0.1, -0.05) is 6.92 Å². The standard InChI is InChI=1S/C9H16N2OS/c1-3-10-5-4-8-7-13-9(11-8)6-12-2/h7,10H,3-6H2,1-2H3. The molecular formula is C9H16N2OS. The van der Waals surface area contributed by atoms with Crippen LogP contribution < -0.4 is 5.32 Å². The van der Waals surface area contributed by atoms with E-state index in [2.05, 4.69) is 22.6 Å². The van der Waals surface area contributed by atoms with E-state index >= 15 is 0 Å². The van der Waals surface area contributed by atoms with Crippen LogP contribution in [0.4, 0.5) is 0 Å². The van der Waals surface area contributed by atoms with Crippen LogP contribution in [0.25, 0.3) is 0 Å². The zero-order chi connectivity index (χ0) is 9.52.